The molecule has 0 fully saturated rings. The van der Waals surface area contributed by atoms with Crippen LogP contribution in [0.1, 0.15) is 6.42 Å². The van der Waals surface area contributed by atoms with Crippen LogP contribution in [0, 0.1) is 0 Å². The fourth-order valence-corrected chi connectivity index (χ4v) is 0.516. The van der Waals surface area contributed by atoms with Crippen LogP contribution in [-0.2, 0) is 4.74 Å². The Morgan fingerprint density at radius 1 is 1.60 bits per heavy atom. The first-order chi connectivity index (χ1) is 4.91. The average Bonchev–Trinajstić information content (AvgIpc) is 1.97. The summed E-state index contributed by atoms with van der Waals surface area (Å²) in [6.07, 6.45) is 2.71. The molecule has 0 aliphatic rings. The van der Waals surface area contributed by atoms with Crippen molar-refractivity contribution in [2.75, 3.05) is 19.8 Å². The number of aliphatic imine (C=N–C) groups is 1. The number of rotatable bonds is 6. The molecule has 0 aliphatic heterocycles. The van der Waals surface area contributed by atoms with Gasteiger partial charge in [0.2, 0.25) is 0 Å². The van der Waals surface area contributed by atoms with E-state index in [0.717, 1.165) is 13.0 Å². The van der Waals surface area contributed by atoms with Crippen LogP contribution in [0.15, 0.2) is 17.6 Å². The second-order valence-corrected chi connectivity index (χ2v) is 1.85. The second-order valence-electron chi connectivity index (χ2n) is 1.66. The summed E-state index contributed by atoms with van der Waals surface area (Å²) in [5.74, 6) is 0. The molecule has 0 saturated heterocycles. The van der Waals surface area contributed by atoms with Crippen LogP contribution in [0.5, 0.6) is 0 Å². The summed E-state index contributed by atoms with van der Waals surface area (Å²) in [5, 5.41) is 2.27. The summed E-state index contributed by atoms with van der Waals surface area (Å²) >= 11 is 4.36. The van der Waals surface area contributed by atoms with Crippen LogP contribution < -0.4 is 0 Å². The highest BCUT2D eigenvalue weighted by Crippen LogP contribution is 1.82. The Morgan fingerprint density at radius 2 is 2.40 bits per heavy atom. The minimum atomic E-state index is 0.612. The van der Waals surface area contributed by atoms with Crippen molar-refractivity contribution in [1.29, 1.82) is 0 Å². The second kappa shape index (κ2) is 8.50. The van der Waals surface area contributed by atoms with Crippen molar-refractivity contribution in [2.24, 2.45) is 4.99 Å². The van der Waals surface area contributed by atoms with Crippen molar-refractivity contribution >= 4 is 17.4 Å². The first kappa shape index (κ1) is 9.50. The lowest BCUT2D eigenvalue weighted by Crippen LogP contribution is -1.98. The molecule has 0 N–H and O–H groups in total. The molecule has 0 aromatic heterocycles. The number of hydrogen-bond donors (Lipinski definition) is 0. The number of ether oxygens (including phenoxy) is 1. The first-order valence-corrected chi connectivity index (χ1v) is 3.55. The van der Waals surface area contributed by atoms with E-state index in [-0.39, 0.29) is 0 Å². The van der Waals surface area contributed by atoms with Gasteiger partial charge in [-0.1, -0.05) is 6.08 Å². The van der Waals surface area contributed by atoms with Gasteiger partial charge in [0.25, 0.3) is 0 Å². The van der Waals surface area contributed by atoms with Crippen molar-refractivity contribution in [3.8, 4) is 0 Å². The largest absolute Gasteiger partial charge is 0.379 e. The summed E-state index contributed by atoms with van der Waals surface area (Å²) in [6, 6.07) is 0. The Morgan fingerprint density at radius 3 is 3.00 bits per heavy atom. The third kappa shape index (κ3) is 7.50. The lowest BCUT2D eigenvalue weighted by atomic mass is 10.5. The molecule has 0 aromatic rings. The maximum absolute atomic E-state index is 5.12. The van der Waals surface area contributed by atoms with Crippen LogP contribution in [0.25, 0.3) is 0 Å². The highest BCUT2D eigenvalue weighted by molar-refractivity contribution is 7.78. The first-order valence-electron chi connectivity index (χ1n) is 3.14. The molecular formula is C7H11NOS. The van der Waals surface area contributed by atoms with Gasteiger partial charge < -0.3 is 4.74 Å². The zero-order valence-electron chi connectivity index (χ0n) is 5.88. The zero-order valence-corrected chi connectivity index (χ0v) is 6.69. The fourth-order valence-electron chi connectivity index (χ4n) is 0.425. The third-order valence-electron chi connectivity index (χ3n) is 0.878. The summed E-state index contributed by atoms with van der Waals surface area (Å²) in [5.41, 5.74) is 0. The Labute approximate surface area is 66.6 Å². The number of thiocarbonyl (C=S) groups is 1. The van der Waals surface area contributed by atoms with Crippen molar-refractivity contribution in [3.05, 3.63) is 12.7 Å². The fraction of sp³-hybridized carbons (Fsp3) is 0.571. The molecule has 10 heavy (non-hydrogen) atoms. The van der Waals surface area contributed by atoms with E-state index < -0.39 is 0 Å². The predicted octanol–water partition coefficient (Wildman–Crippen LogP) is 1.68. The normalized spacial score (nSPS) is 8.40. The molecule has 0 bridgehead atoms. The van der Waals surface area contributed by atoms with Gasteiger partial charge >= 0.3 is 0 Å². The number of nitrogens with zero attached hydrogens (tertiary/aromatic N) is 1. The van der Waals surface area contributed by atoms with Gasteiger partial charge in [-0.15, -0.1) is 6.58 Å². The van der Waals surface area contributed by atoms with Crippen LogP contribution in [-0.4, -0.2) is 24.9 Å². The smallest absolute Gasteiger partial charge is 0.0727 e. The van der Waals surface area contributed by atoms with Gasteiger partial charge in [0.1, 0.15) is 0 Å². The highest BCUT2D eigenvalue weighted by Gasteiger charge is 1.82. The monoisotopic (exact) mass is 157 g/mol. The third-order valence-corrected chi connectivity index (χ3v) is 1.01. The average molecular weight is 157 g/mol. The van der Waals surface area contributed by atoms with Crippen LogP contribution in [0.3, 0.4) is 0 Å². The molecule has 0 aromatic carbocycles. The Bertz CT molecular complexity index is 130. The minimum Gasteiger partial charge on any atom is -0.379 e. The molecule has 0 unspecified atom stereocenters. The molecule has 0 atom stereocenters. The lowest BCUT2D eigenvalue weighted by molar-refractivity contribution is 0.147. The number of hydrogen-bond acceptors (Lipinski definition) is 3. The number of isothiocyanates is 1. The molecular weight excluding hydrogens is 146 g/mol. The van der Waals surface area contributed by atoms with Crippen LogP contribution in [0.4, 0.5) is 0 Å². The van der Waals surface area contributed by atoms with Gasteiger partial charge in [-0.3, -0.25) is 0 Å². The van der Waals surface area contributed by atoms with E-state index in [9.17, 15) is 0 Å². The van der Waals surface area contributed by atoms with Gasteiger partial charge in [-0.2, -0.15) is 0 Å². The van der Waals surface area contributed by atoms with Gasteiger partial charge in [-0.25, -0.2) is 4.99 Å². The SMILES string of the molecule is C=CCCOCCN=C=S. The summed E-state index contributed by atoms with van der Waals surface area (Å²) in [7, 11) is 0. The lowest BCUT2D eigenvalue weighted by Gasteiger charge is -1.96. The van der Waals surface area contributed by atoms with E-state index in [1.54, 1.807) is 0 Å². The van der Waals surface area contributed by atoms with E-state index in [4.69, 9.17) is 4.74 Å². The van der Waals surface area contributed by atoms with E-state index >= 15 is 0 Å². The summed E-state index contributed by atoms with van der Waals surface area (Å²) in [4.78, 5) is 3.68. The zero-order chi connectivity index (χ0) is 7.66. The summed E-state index contributed by atoms with van der Waals surface area (Å²) in [6.45, 7) is 5.52. The predicted molar refractivity (Wildman–Crippen MR) is 45.5 cm³/mol. The van der Waals surface area contributed by atoms with E-state index in [1.165, 1.54) is 0 Å². The maximum Gasteiger partial charge on any atom is 0.0727 e. The quantitative estimate of drug-likeness (QED) is 0.253. The van der Waals surface area contributed by atoms with Crippen molar-refractivity contribution < 1.29 is 4.74 Å². The molecule has 0 heterocycles. The highest BCUT2D eigenvalue weighted by atomic mass is 32.1. The Hall–Kier alpha value is -0.500. The van der Waals surface area contributed by atoms with Gasteiger partial charge in [0.15, 0.2) is 0 Å². The molecule has 0 amide bonds. The van der Waals surface area contributed by atoms with E-state index in [2.05, 4.69) is 29.0 Å². The standard InChI is InChI=1S/C7H11NOS/c1-2-3-5-9-6-4-8-7-10/h2H,1,3-6H2. The molecule has 0 aliphatic carbocycles. The van der Waals surface area contributed by atoms with Crippen LogP contribution in [0.2, 0.25) is 0 Å². The molecule has 0 spiro atoms. The molecule has 0 radical (unpaired) electrons. The van der Waals surface area contributed by atoms with Gasteiger partial charge in [0, 0.05) is 0 Å². The molecule has 2 nitrogen and oxygen atoms in total. The van der Waals surface area contributed by atoms with Crippen molar-refractivity contribution in [3.63, 3.8) is 0 Å². The minimum absolute atomic E-state index is 0.612. The van der Waals surface area contributed by atoms with Crippen LogP contribution >= 0.6 is 12.2 Å². The van der Waals surface area contributed by atoms with E-state index in [0.29, 0.717) is 13.2 Å². The Balaban J connectivity index is 2.90. The topological polar surface area (TPSA) is 21.6 Å². The molecule has 56 valence electrons. The van der Waals surface area contributed by atoms with Crippen molar-refractivity contribution in [1.82, 2.24) is 0 Å². The Kier molecular flexibility index (Phi) is 8.07. The van der Waals surface area contributed by atoms with Gasteiger partial charge in [-0.05, 0) is 18.6 Å². The van der Waals surface area contributed by atoms with E-state index in [1.807, 2.05) is 6.08 Å². The molecule has 3 heteroatoms. The molecule has 0 saturated carbocycles. The van der Waals surface area contributed by atoms with Gasteiger partial charge in [0.05, 0.1) is 24.9 Å². The maximum atomic E-state index is 5.12. The molecule has 0 rings (SSSR count). The summed E-state index contributed by atoms with van der Waals surface area (Å²) < 4.78 is 5.12. The van der Waals surface area contributed by atoms with Crippen molar-refractivity contribution in [2.45, 2.75) is 6.42 Å².